The molecule has 0 aromatic heterocycles. The van der Waals surface area contributed by atoms with Crippen molar-refractivity contribution in [3.05, 3.63) is 106 Å². The molecule has 4 nitrogen and oxygen atoms in total. The minimum atomic E-state index is -0.529. The Bertz CT molecular complexity index is 1290. The maximum atomic E-state index is 13.3. The lowest BCUT2D eigenvalue weighted by Crippen LogP contribution is -2.27. The molecule has 1 amide bonds. The highest BCUT2D eigenvalue weighted by atomic mass is 16.6. The van der Waals surface area contributed by atoms with Crippen molar-refractivity contribution >= 4 is 17.6 Å². The van der Waals surface area contributed by atoms with Crippen molar-refractivity contribution < 1.29 is 14.3 Å². The van der Waals surface area contributed by atoms with Crippen LogP contribution >= 0.6 is 0 Å². The first-order valence-electron chi connectivity index (χ1n) is 12.5. The molecule has 0 spiro atoms. The highest BCUT2D eigenvalue weighted by Gasteiger charge is 2.34. The Kier molecular flexibility index (Phi) is 6.93. The zero-order valence-corrected chi connectivity index (χ0v) is 22.1. The number of hydrogen-bond acceptors (Lipinski definition) is 3. The number of benzene rings is 1. The van der Waals surface area contributed by atoms with Gasteiger partial charge in [0.1, 0.15) is 5.60 Å². The molecule has 1 aromatic carbocycles. The molecule has 2 atom stereocenters. The number of fused-ring (bicyclic) bond motifs is 1. The van der Waals surface area contributed by atoms with Crippen LogP contribution in [0.5, 0.6) is 0 Å². The second-order valence-electron chi connectivity index (χ2n) is 11.0. The van der Waals surface area contributed by atoms with Crippen LogP contribution in [0, 0.1) is 5.41 Å². The standard InChI is InChI=1S/C32H35NO3/c1-22-10-8-18-32(6,19-9-11-22)26-12-7-13-28-25(20-26)21-33(29(28)34)27-16-14-24(15-17-27)23(2)30(35)36-31(3,4)5/h7-10,12,14-20,23H,11,21H2,1-6H3/b18-8?,19-9-,22-10-. The predicted molar refractivity (Wildman–Crippen MR) is 146 cm³/mol. The molecule has 0 radical (unpaired) electrons. The third-order valence-electron chi connectivity index (χ3n) is 6.74. The molecule has 36 heavy (non-hydrogen) atoms. The number of amides is 1. The summed E-state index contributed by atoms with van der Waals surface area (Å²) in [5.41, 5.74) is 8.08. The van der Waals surface area contributed by atoms with Gasteiger partial charge in [-0.05, 0) is 82.9 Å². The Morgan fingerprint density at radius 1 is 1.14 bits per heavy atom. The molecule has 2 aliphatic carbocycles. The van der Waals surface area contributed by atoms with Crippen molar-refractivity contribution in [2.45, 2.75) is 59.5 Å². The van der Waals surface area contributed by atoms with Crippen LogP contribution in [0.25, 0.3) is 0 Å². The lowest BCUT2D eigenvalue weighted by atomic mass is 9.79. The SMILES string of the molecule is C/C1=C/C=CC(C)(C2=CC=C=C3C(=O)N(c4ccc(C(C)C(=O)OC(C)(C)C)cc4)CC3=C2)/C=C\C1. The van der Waals surface area contributed by atoms with Crippen LogP contribution in [-0.4, -0.2) is 24.0 Å². The van der Waals surface area contributed by atoms with E-state index in [9.17, 15) is 9.59 Å². The van der Waals surface area contributed by atoms with Crippen LogP contribution in [0.1, 0.15) is 59.4 Å². The number of hydrogen-bond donors (Lipinski definition) is 0. The summed E-state index contributed by atoms with van der Waals surface area (Å²) in [5.74, 6) is -0.706. The molecule has 1 heterocycles. The molecule has 1 saturated heterocycles. The number of esters is 1. The number of carbonyl (C=O) groups excluding carboxylic acids is 2. The smallest absolute Gasteiger partial charge is 0.313 e. The summed E-state index contributed by atoms with van der Waals surface area (Å²) in [6.45, 7) is 12.2. The van der Waals surface area contributed by atoms with Crippen molar-refractivity contribution in [1.82, 2.24) is 0 Å². The van der Waals surface area contributed by atoms with Crippen molar-refractivity contribution in [2.24, 2.45) is 5.41 Å². The molecule has 3 aliphatic rings. The van der Waals surface area contributed by atoms with Crippen molar-refractivity contribution in [3.63, 3.8) is 0 Å². The summed E-state index contributed by atoms with van der Waals surface area (Å²) in [5, 5.41) is 0. The Hall–Kier alpha value is -3.62. The molecular formula is C32H35NO3. The summed E-state index contributed by atoms with van der Waals surface area (Å²) in [4.78, 5) is 27.5. The highest BCUT2D eigenvalue weighted by molar-refractivity contribution is 6.12. The number of rotatable bonds is 4. The molecule has 1 aromatic rings. The summed E-state index contributed by atoms with van der Waals surface area (Å²) in [6.07, 6.45) is 17.9. The normalized spacial score (nSPS) is 24.8. The third kappa shape index (κ3) is 5.45. The number of ether oxygens (including phenoxy) is 1. The Balaban J connectivity index is 1.56. The van der Waals surface area contributed by atoms with E-state index in [1.165, 1.54) is 5.57 Å². The topological polar surface area (TPSA) is 46.6 Å². The summed E-state index contributed by atoms with van der Waals surface area (Å²) in [7, 11) is 0. The molecule has 1 fully saturated rings. The molecule has 4 heteroatoms. The lowest BCUT2D eigenvalue weighted by molar-refractivity contribution is -0.156. The van der Waals surface area contributed by atoms with Gasteiger partial charge in [0, 0.05) is 11.1 Å². The Morgan fingerprint density at radius 3 is 2.56 bits per heavy atom. The first kappa shape index (κ1) is 25.5. The first-order valence-corrected chi connectivity index (χ1v) is 12.5. The molecule has 2 unspecified atom stereocenters. The van der Waals surface area contributed by atoms with Crippen molar-refractivity contribution in [3.8, 4) is 0 Å². The Morgan fingerprint density at radius 2 is 1.86 bits per heavy atom. The summed E-state index contributed by atoms with van der Waals surface area (Å²) >= 11 is 0. The number of allylic oxidation sites excluding steroid dienone is 9. The van der Waals surface area contributed by atoms with Crippen LogP contribution in [-0.2, 0) is 14.3 Å². The van der Waals surface area contributed by atoms with E-state index in [4.69, 9.17) is 4.74 Å². The van der Waals surface area contributed by atoms with Gasteiger partial charge < -0.3 is 9.64 Å². The van der Waals surface area contributed by atoms with Gasteiger partial charge in [-0.25, -0.2) is 0 Å². The fraction of sp³-hybridized carbons (Fsp3) is 0.344. The fourth-order valence-electron chi connectivity index (χ4n) is 4.55. The van der Waals surface area contributed by atoms with Gasteiger partial charge in [-0.3, -0.25) is 9.59 Å². The largest absolute Gasteiger partial charge is 0.460 e. The number of anilines is 1. The van der Waals surface area contributed by atoms with Crippen LogP contribution in [0.4, 0.5) is 5.69 Å². The Labute approximate surface area is 214 Å². The van der Waals surface area contributed by atoms with E-state index in [2.05, 4.69) is 62.1 Å². The number of nitrogens with zero attached hydrogens (tertiary/aromatic N) is 1. The molecule has 4 rings (SSSR count). The van der Waals surface area contributed by atoms with E-state index in [1.807, 2.05) is 58.0 Å². The second kappa shape index (κ2) is 9.79. The first-order chi connectivity index (χ1) is 17.0. The van der Waals surface area contributed by atoms with Gasteiger partial charge in [0.2, 0.25) is 0 Å². The second-order valence-corrected chi connectivity index (χ2v) is 11.0. The zero-order chi connectivity index (χ0) is 26.1. The van der Waals surface area contributed by atoms with Crippen molar-refractivity contribution in [1.29, 1.82) is 0 Å². The molecular weight excluding hydrogens is 446 g/mol. The minimum Gasteiger partial charge on any atom is -0.460 e. The predicted octanol–water partition coefficient (Wildman–Crippen LogP) is 6.90. The molecule has 0 N–H and O–H groups in total. The summed E-state index contributed by atoms with van der Waals surface area (Å²) < 4.78 is 5.52. The van der Waals surface area contributed by atoms with Crippen molar-refractivity contribution in [2.75, 3.05) is 11.4 Å². The van der Waals surface area contributed by atoms with Gasteiger partial charge in [-0.2, -0.15) is 0 Å². The van der Waals surface area contributed by atoms with E-state index in [0.29, 0.717) is 12.1 Å². The van der Waals surface area contributed by atoms with Crippen LogP contribution in [0.15, 0.2) is 101 Å². The molecule has 0 bridgehead atoms. The summed E-state index contributed by atoms with van der Waals surface area (Å²) in [6, 6.07) is 7.60. The maximum absolute atomic E-state index is 13.3. The minimum absolute atomic E-state index is 0.0625. The van der Waals surface area contributed by atoms with Gasteiger partial charge in [0.15, 0.2) is 0 Å². The van der Waals surface area contributed by atoms with E-state index >= 15 is 0 Å². The molecule has 0 saturated carbocycles. The quantitative estimate of drug-likeness (QED) is 0.267. The van der Waals surface area contributed by atoms with Gasteiger partial charge >= 0.3 is 5.97 Å². The van der Waals surface area contributed by atoms with E-state index in [0.717, 1.165) is 28.8 Å². The van der Waals surface area contributed by atoms with E-state index in [1.54, 1.807) is 4.90 Å². The highest BCUT2D eigenvalue weighted by Crippen LogP contribution is 2.38. The average molecular weight is 482 g/mol. The van der Waals surface area contributed by atoms with E-state index < -0.39 is 5.60 Å². The average Bonchev–Trinajstić information content (AvgIpc) is 2.97. The maximum Gasteiger partial charge on any atom is 0.313 e. The third-order valence-corrected chi connectivity index (χ3v) is 6.74. The van der Waals surface area contributed by atoms with Gasteiger partial charge in [-0.1, -0.05) is 60.2 Å². The number of carbonyl (C=O) groups is 2. The zero-order valence-electron chi connectivity index (χ0n) is 22.1. The fourth-order valence-corrected chi connectivity index (χ4v) is 4.55. The van der Waals surface area contributed by atoms with Gasteiger partial charge in [-0.15, -0.1) is 5.73 Å². The van der Waals surface area contributed by atoms with E-state index in [-0.39, 0.29) is 23.2 Å². The van der Waals surface area contributed by atoms with Gasteiger partial charge in [0.05, 0.1) is 18.0 Å². The van der Waals surface area contributed by atoms with Crippen LogP contribution < -0.4 is 4.90 Å². The molecule has 186 valence electrons. The van der Waals surface area contributed by atoms with Crippen LogP contribution in [0.2, 0.25) is 0 Å². The monoisotopic (exact) mass is 481 g/mol. The van der Waals surface area contributed by atoms with Crippen LogP contribution in [0.3, 0.4) is 0 Å². The molecule has 1 aliphatic heterocycles. The lowest BCUT2D eigenvalue weighted by Gasteiger charge is -2.25. The van der Waals surface area contributed by atoms with Gasteiger partial charge in [0.25, 0.3) is 5.91 Å².